The van der Waals surface area contributed by atoms with Crippen LogP contribution in [0.2, 0.25) is 0 Å². The van der Waals surface area contributed by atoms with Gasteiger partial charge < -0.3 is 0 Å². The molecule has 0 aromatic heterocycles. The van der Waals surface area contributed by atoms with Gasteiger partial charge in [-0.25, -0.2) is 0 Å². The van der Waals surface area contributed by atoms with E-state index in [2.05, 4.69) is 57.7 Å². The fourth-order valence-corrected chi connectivity index (χ4v) is 4.71. The number of allylic oxidation sites excluding steroid dienone is 7. The third kappa shape index (κ3) is 14.1. The van der Waals surface area contributed by atoms with Crippen molar-refractivity contribution >= 4 is 24.1 Å². The number of unbranched alkanes of at least 4 members (excludes halogenated alkanes) is 1. The summed E-state index contributed by atoms with van der Waals surface area (Å²) in [6.45, 7) is 10.4. The summed E-state index contributed by atoms with van der Waals surface area (Å²) >= 11 is -0.0278. The van der Waals surface area contributed by atoms with E-state index in [0.29, 0.717) is 11.1 Å². The van der Waals surface area contributed by atoms with Crippen molar-refractivity contribution in [3.05, 3.63) is 77.9 Å². The molecule has 0 spiro atoms. The number of hydrogen-bond acceptors (Lipinski definition) is 1. The van der Waals surface area contributed by atoms with Crippen molar-refractivity contribution in [3.8, 4) is 0 Å². The van der Waals surface area contributed by atoms with Gasteiger partial charge in [0, 0.05) is 0 Å². The standard InChI is InChI=1S/C27H38OSe/c1-5-6-8-14-23(2)15-11-16-24(3)17-12-18-25(4)19-13-22-27(28)29-26-20-9-7-10-21-26/h5,7,9-10,14,16,18,20-21H,1,6,8,11-13,15,17,19,22H2,2-4H3/b23-14?,24-16+,25-18?. The molecule has 29 heavy (non-hydrogen) atoms. The van der Waals surface area contributed by atoms with Crippen molar-refractivity contribution < 1.29 is 4.79 Å². The molecule has 0 fully saturated rings. The van der Waals surface area contributed by atoms with Crippen LogP contribution in [0.15, 0.2) is 77.9 Å². The predicted octanol–water partition coefficient (Wildman–Crippen LogP) is 7.08. The van der Waals surface area contributed by atoms with E-state index < -0.39 is 0 Å². The zero-order valence-electron chi connectivity index (χ0n) is 18.6. The van der Waals surface area contributed by atoms with E-state index in [1.807, 2.05) is 24.3 Å². The van der Waals surface area contributed by atoms with Crippen LogP contribution in [0.1, 0.15) is 78.6 Å². The quantitative estimate of drug-likeness (QED) is 0.156. The molecule has 1 rings (SSSR count). The average molecular weight is 458 g/mol. The Morgan fingerprint density at radius 2 is 1.34 bits per heavy atom. The van der Waals surface area contributed by atoms with Crippen LogP contribution in [0.3, 0.4) is 0 Å². The van der Waals surface area contributed by atoms with E-state index in [1.165, 1.54) is 21.2 Å². The van der Waals surface area contributed by atoms with Crippen LogP contribution in [-0.4, -0.2) is 19.6 Å². The van der Waals surface area contributed by atoms with Gasteiger partial charge in [0.15, 0.2) is 0 Å². The molecular formula is C27H38OSe. The van der Waals surface area contributed by atoms with Crippen molar-refractivity contribution in [1.29, 1.82) is 0 Å². The number of rotatable bonds is 15. The number of hydrogen-bond donors (Lipinski definition) is 0. The molecule has 0 heterocycles. The van der Waals surface area contributed by atoms with Gasteiger partial charge in [-0.2, -0.15) is 0 Å². The number of carbonyl (C=O) groups is 1. The fourth-order valence-electron chi connectivity index (χ4n) is 3.03. The maximum absolute atomic E-state index is 12.1. The summed E-state index contributed by atoms with van der Waals surface area (Å²) in [7, 11) is 0. The van der Waals surface area contributed by atoms with Gasteiger partial charge in [-0.1, -0.05) is 17.7 Å². The third-order valence-corrected chi connectivity index (χ3v) is 6.82. The van der Waals surface area contributed by atoms with E-state index in [0.717, 1.165) is 51.4 Å². The molecule has 1 nitrogen and oxygen atoms in total. The van der Waals surface area contributed by atoms with Gasteiger partial charge in [0.2, 0.25) is 0 Å². The Morgan fingerprint density at radius 3 is 1.93 bits per heavy atom. The van der Waals surface area contributed by atoms with Crippen molar-refractivity contribution in [2.45, 2.75) is 78.6 Å². The second kappa shape index (κ2) is 16.2. The molecule has 0 aliphatic carbocycles. The minimum absolute atomic E-state index is 0.0278. The second-order valence-corrected chi connectivity index (χ2v) is 10.1. The van der Waals surface area contributed by atoms with E-state index in [4.69, 9.17) is 0 Å². The van der Waals surface area contributed by atoms with Crippen molar-refractivity contribution in [2.24, 2.45) is 0 Å². The van der Waals surface area contributed by atoms with E-state index in [9.17, 15) is 4.79 Å². The first-order chi connectivity index (χ1) is 14.0. The van der Waals surface area contributed by atoms with Gasteiger partial charge in [0.05, 0.1) is 0 Å². The van der Waals surface area contributed by atoms with Crippen LogP contribution in [-0.2, 0) is 4.79 Å². The summed E-state index contributed by atoms with van der Waals surface area (Å²) < 4.78 is 1.59. The zero-order chi connectivity index (χ0) is 21.3. The van der Waals surface area contributed by atoms with Crippen molar-refractivity contribution in [1.82, 2.24) is 0 Å². The normalized spacial score (nSPS) is 12.9. The molecule has 1 aromatic carbocycles. The number of benzene rings is 1. The molecule has 0 unspecified atom stereocenters. The molecule has 0 atom stereocenters. The van der Waals surface area contributed by atoms with Crippen LogP contribution in [0.25, 0.3) is 0 Å². The van der Waals surface area contributed by atoms with Gasteiger partial charge in [0.25, 0.3) is 0 Å². The molecule has 0 aliphatic rings. The SMILES string of the molecule is C=CCCC=C(C)CC/C=C(\C)CCC=C(C)CCCC(=O)[Se]c1ccccc1. The third-order valence-electron chi connectivity index (χ3n) is 4.85. The molecule has 1 aromatic rings. The first-order valence-electron chi connectivity index (χ1n) is 10.8. The van der Waals surface area contributed by atoms with Gasteiger partial charge in [0.1, 0.15) is 0 Å². The second-order valence-electron chi connectivity index (χ2n) is 7.74. The minimum atomic E-state index is -0.0278. The molecule has 0 amide bonds. The van der Waals surface area contributed by atoms with Crippen molar-refractivity contribution in [2.75, 3.05) is 0 Å². The summed E-state index contributed by atoms with van der Waals surface area (Å²) in [5.74, 6) is 0. The van der Waals surface area contributed by atoms with E-state index in [1.54, 1.807) is 0 Å². The summed E-state index contributed by atoms with van der Waals surface area (Å²) in [5, 5.41) is 0. The Kier molecular flexibility index (Phi) is 14.2. The Hall–Kier alpha value is -1.63. The summed E-state index contributed by atoms with van der Waals surface area (Å²) in [6.07, 6.45) is 18.5. The predicted molar refractivity (Wildman–Crippen MR) is 130 cm³/mol. The number of carbonyl (C=O) groups excluding carboxylic acids is 1. The summed E-state index contributed by atoms with van der Waals surface area (Å²) in [5.41, 5.74) is 4.38. The maximum atomic E-state index is 12.1. The summed E-state index contributed by atoms with van der Waals surface area (Å²) in [6, 6.07) is 10.1. The Balaban J connectivity index is 2.18. The van der Waals surface area contributed by atoms with Gasteiger partial charge in [-0.3, -0.25) is 0 Å². The Morgan fingerprint density at radius 1 is 0.793 bits per heavy atom. The monoisotopic (exact) mass is 458 g/mol. The van der Waals surface area contributed by atoms with Crippen LogP contribution in [0.5, 0.6) is 0 Å². The first-order valence-corrected chi connectivity index (χ1v) is 12.6. The van der Waals surface area contributed by atoms with Gasteiger partial charge >= 0.3 is 141 Å². The molecule has 0 bridgehead atoms. The first kappa shape index (κ1) is 25.4. The molecule has 0 N–H and O–H groups in total. The summed E-state index contributed by atoms with van der Waals surface area (Å²) in [4.78, 5) is 12.1. The Bertz CT molecular complexity index is 695. The van der Waals surface area contributed by atoms with Gasteiger partial charge in [-0.05, 0) is 19.8 Å². The molecule has 0 saturated carbocycles. The molecule has 158 valence electrons. The molecule has 0 aliphatic heterocycles. The van der Waals surface area contributed by atoms with Crippen LogP contribution in [0, 0.1) is 0 Å². The van der Waals surface area contributed by atoms with Crippen LogP contribution >= 0.6 is 0 Å². The molecule has 0 radical (unpaired) electrons. The molecule has 0 saturated heterocycles. The van der Waals surface area contributed by atoms with Crippen LogP contribution in [0.4, 0.5) is 0 Å². The zero-order valence-corrected chi connectivity index (χ0v) is 20.3. The van der Waals surface area contributed by atoms with E-state index in [-0.39, 0.29) is 15.0 Å². The molecule has 2 heteroatoms. The van der Waals surface area contributed by atoms with Crippen LogP contribution < -0.4 is 4.46 Å². The Labute approximate surface area is 185 Å². The fraction of sp³-hybridized carbons (Fsp3) is 0.444. The molecular weight excluding hydrogens is 419 g/mol. The van der Waals surface area contributed by atoms with Crippen molar-refractivity contribution in [3.63, 3.8) is 0 Å². The average Bonchev–Trinajstić information content (AvgIpc) is 2.69. The van der Waals surface area contributed by atoms with E-state index >= 15 is 0 Å². The topological polar surface area (TPSA) is 17.1 Å². The van der Waals surface area contributed by atoms with Gasteiger partial charge in [-0.15, -0.1) is 6.58 Å².